The lowest BCUT2D eigenvalue weighted by Gasteiger charge is -2.20. The number of rotatable bonds is 7. The molecule has 7 nitrogen and oxygen atoms in total. The first-order valence-electron chi connectivity index (χ1n) is 11.6. The number of fused-ring (bicyclic) bond motifs is 1. The molecule has 2 aromatic rings. The molecule has 0 aromatic heterocycles. The predicted octanol–water partition coefficient (Wildman–Crippen LogP) is 4.92. The summed E-state index contributed by atoms with van der Waals surface area (Å²) in [4.78, 5) is 32.5. The van der Waals surface area contributed by atoms with Crippen molar-refractivity contribution in [3.63, 3.8) is 0 Å². The first-order valence-corrected chi connectivity index (χ1v) is 12.9. The molecule has 0 atom stereocenters. The highest BCUT2D eigenvalue weighted by molar-refractivity contribution is 7.98. The number of thioether (sulfide) groups is 1. The third-order valence-corrected chi connectivity index (χ3v) is 6.78. The molecular formula is C26H32ClFN2O5S. The van der Waals surface area contributed by atoms with Gasteiger partial charge in [-0.2, -0.15) is 0 Å². The van der Waals surface area contributed by atoms with E-state index in [1.54, 1.807) is 11.8 Å². The number of halogens is 2. The number of carboxylic acid groups (broad SMARTS) is 2. The lowest BCUT2D eigenvalue weighted by atomic mass is 10.0. The number of nitrogens with one attached hydrogen (secondary N) is 2. The number of carboxylic acids is 2. The van der Waals surface area contributed by atoms with Crippen LogP contribution in [0.4, 0.5) is 4.39 Å². The van der Waals surface area contributed by atoms with Crippen LogP contribution in [0.3, 0.4) is 0 Å². The summed E-state index contributed by atoms with van der Waals surface area (Å²) in [6, 6.07) is 9.04. The monoisotopic (exact) mass is 538 g/mol. The van der Waals surface area contributed by atoms with Gasteiger partial charge in [-0.25, -0.2) is 4.39 Å². The number of carbonyl (C=O) groups excluding carboxylic acids is 1. The topological polar surface area (TPSA) is 116 Å². The Kier molecular flexibility index (Phi) is 11.2. The minimum Gasteiger partial charge on any atom is -0.481 e. The largest absolute Gasteiger partial charge is 0.481 e. The maximum atomic E-state index is 14.3. The van der Waals surface area contributed by atoms with E-state index < -0.39 is 11.9 Å². The van der Waals surface area contributed by atoms with Crippen molar-refractivity contribution in [2.24, 2.45) is 0 Å². The van der Waals surface area contributed by atoms with Gasteiger partial charge in [0.2, 0.25) is 0 Å². The summed E-state index contributed by atoms with van der Waals surface area (Å²) in [6.07, 6.45) is 0.870. The minimum absolute atomic E-state index is 0.0777. The second-order valence-electron chi connectivity index (χ2n) is 9.35. The van der Waals surface area contributed by atoms with Crippen LogP contribution in [0.15, 0.2) is 35.2 Å². The fourth-order valence-corrected chi connectivity index (χ4v) is 4.94. The van der Waals surface area contributed by atoms with Crippen LogP contribution in [0, 0.1) is 5.82 Å². The van der Waals surface area contributed by atoms with E-state index in [4.69, 9.17) is 21.8 Å². The zero-order chi connectivity index (χ0) is 26.9. The van der Waals surface area contributed by atoms with Crippen LogP contribution in [0.25, 0.3) is 0 Å². The second kappa shape index (κ2) is 13.6. The summed E-state index contributed by atoms with van der Waals surface area (Å²) >= 11 is 8.01. The van der Waals surface area contributed by atoms with Gasteiger partial charge in [-0.05, 0) is 81.6 Å². The summed E-state index contributed by atoms with van der Waals surface area (Å²) < 4.78 is 14.3. The Hall–Kier alpha value is -2.62. The van der Waals surface area contributed by atoms with E-state index >= 15 is 0 Å². The summed E-state index contributed by atoms with van der Waals surface area (Å²) in [5, 5.41) is 22.6. The Balaban J connectivity index is 0.000000493. The van der Waals surface area contributed by atoms with Crippen LogP contribution in [0.2, 0.25) is 5.02 Å². The SMILES string of the molecule is CC(C)(C)NC(=O)c1ccc(CSc2c(Cl)cc(F)c3c2CCNCC3)cc1.O=C(O)CCC(=O)O. The van der Waals surface area contributed by atoms with E-state index in [9.17, 15) is 18.8 Å². The van der Waals surface area contributed by atoms with E-state index in [2.05, 4.69) is 10.6 Å². The highest BCUT2D eigenvalue weighted by Gasteiger charge is 2.20. The molecule has 0 saturated carbocycles. The van der Waals surface area contributed by atoms with Crippen molar-refractivity contribution in [1.29, 1.82) is 0 Å². The van der Waals surface area contributed by atoms with E-state index in [1.807, 2.05) is 45.0 Å². The zero-order valence-corrected chi connectivity index (χ0v) is 22.2. The van der Waals surface area contributed by atoms with Crippen molar-refractivity contribution in [2.45, 2.75) is 62.6 Å². The van der Waals surface area contributed by atoms with Crippen molar-refractivity contribution in [3.05, 3.63) is 63.4 Å². The number of aliphatic carboxylic acids is 2. The molecule has 0 unspecified atom stereocenters. The summed E-state index contributed by atoms with van der Waals surface area (Å²) in [5.41, 5.74) is 3.28. The number of carbonyl (C=O) groups is 3. The van der Waals surface area contributed by atoms with E-state index in [0.717, 1.165) is 41.1 Å². The Morgan fingerprint density at radius 2 is 1.58 bits per heavy atom. The number of hydrogen-bond acceptors (Lipinski definition) is 5. The van der Waals surface area contributed by atoms with Crippen molar-refractivity contribution in [2.75, 3.05) is 13.1 Å². The highest BCUT2D eigenvalue weighted by atomic mass is 35.5. The molecule has 1 amide bonds. The lowest BCUT2D eigenvalue weighted by molar-refractivity contribution is -0.143. The molecule has 3 rings (SSSR count). The smallest absolute Gasteiger partial charge is 0.303 e. The first kappa shape index (κ1) is 29.6. The fraction of sp³-hybridized carbons (Fsp3) is 0.423. The third kappa shape index (κ3) is 9.79. The molecule has 1 aliphatic heterocycles. The van der Waals surface area contributed by atoms with E-state index in [-0.39, 0.29) is 30.1 Å². The molecule has 2 aromatic carbocycles. The second-order valence-corrected chi connectivity index (χ2v) is 10.7. The highest BCUT2D eigenvalue weighted by Crippen LogP contribution is 2.37. The summed E-state index contributed by atoms with van der Waals surface area (Å²) in [5.74, 6) is -1.72. The number of amides is 1. The number of benzene rings is 2. The van der Waals surface area contributed by atoms with Gasteiger partial charge in [-0.15, -0.1) is 11.8 Å². The summed E-state index contributed by atoms with van der Waals surface area (Å²) in [7, 11) is 0. The minimum atomic E-state index is -1.08. The van der Waals surface area contributed by atoms with Gasteiger partial charge in [0.1, 0.15) is 5.82 Å². The van der Waals surface area contributed by atoms with Crippen molar-refractivity contribution >= 4 is 41.2 Å². The molecule has 1 aliphatic rings. The molecular weight excluding hydrogens is 507 g/mol. The van der Waals surface area contributed by atoms with E-state index in [1.165, 1.54) is 6.07 Å². The predicted molar refractivity (Wildman–Crippen MR) is 139 cm³/mol. The maximum Gasteiger partial charge on any atom is 0.303 e. The molecule has 10 heteroatoms. The Labute approximate surface area is 219 Å². The standard InChI is InChI=1S/C22H26ClFN2OS.C4H6O4/c1-22(2,3)26-21(27)15-6-4-14(5-7-15)13-28-20-17-9-11-25-10-8-16(17)19(24)12-18(20)23;5-3(6)1-2-4(7)8/h4-7,12,25H,8-11,13H2,1-3H3,(H,26,27);1-2H2,(H,5,6)(H,7,8). The van der Waals surface area contributed by atoms with Gasteiger partial charge in [0, 0.05) is 21.8 Å². The molecule has 0 fully saturated rings. The Morgan fingerprint density at radius 1 is 1.03 bits per heavy atom. The van der Waals surface area contributed by atoms with Crippen molar-refractivity contribution in [1.82, 2.24) is 10.6 Å². The van der Waals surface area contributed by atoms with Crippen molar-refractivity contribution < 1.29 is 29.0 Å². The molecule has 0 bridgehead atoms. The van der Waals surface area contributed by atoms with Gasteiger partial charge in [0.05, 0.1) is 17.9 Å². The van der Waals surface area contributed by atoms with Crippen LogP contribution in [0.1, 0.15) is 60.7 Å². The quantitative estimate of drug-likeness (QED) is 0.370. The van der Waals surface area contributed by atoms with Crippen LogP contribution in [-0.2, 0) is 28.2 Å². The van der Waals surface area contributed by atoms with Crippen LogP contribution < -0.4 is 10.6 Å². The molecule has 0 aliphatic carbocycles. The molecule has 4 N–H and O–H groups in total. The third-order valence-electron chi connectivity index (χ3n) is 5.14. The van der Waals surface area contributed by atoms with Gasteiger partial charge in [0.15, 0.2) is 0 Å². The average Bonchev–Trinajstić information content (AvgIpc) is 3.04. The molecule has 1 heterocycles. The summed E-state index contributed by atoms with van der Waals surface area (Å²) in [6.45, 7) is 7.49. The molecule has 36 heavy (non-hydrogen) atoms. The van der Waals surface area contributed by atoms with Crippen LogP contribution in [-0.4, -0.2) is 46.7 Å². The van der Waals surface area contributed by atoms with Crippen LogP contribution in [0.5, 0.6) is 0 Å². The first-order chi connectivity index (χ1) is 16.9. The molecule has 0 radical (unpaired) electrons. The maximum absolute atomic E-state index is 14.3. The Bertz CT molecular complexity index is 1070. The van der Waals surface area contributed by atoms with Gasteiger partial charge in [-0.3, -0.25) is 14.4 Å². The van der Waals surface area contributed by atoms with Crippen molar-refractivity contribution in [3.8, 4) is 0 Å². The normalized spacial score (nSPS) is 13.0. The Morgan fingerprint density at radius 3 is 2.11 bits per heavy atom. The van der Waals surface area contributed by atoms with Gasteiger partial charge in [-0.1, -0.05) is 23.7 Å². The number of hydrogen-bond donors (Lipinski definition) is 4. The molecule has 0 saturated heterocycles. The van der Waals surface area contributed by atoms with Gasteiger partial charge < -0.3 is 20.8 Å². The molecule has 0 spiro atoms. The zero-order valence-electron chi connectivity index (χ0n) is 20.6. The fourth-order valence-electron chi connectivity index (χ4n) is 3.47. The van der Waals surface area contributed by atoms with E-state index in [0.29, 0.717) is 22.8 Å². The average molecular weight is 539 g/mol. The van der Waals surface area contributed by atoms with Gasteiger partial charge >= 0.3 is 11.9 Å². The lowest BCUT2D eigenvalue weighted by Crippen LogP contribution is -2.40. The molecule has 196 valence electrons. The van der Waals surface area contributed by atoms with Crippen LogP contribution >= 0.6 is 23.4 Å². The van der Waals surface area contributed by atoms with Gasteiger partial charge in [0.25, 0.3) is 5.91 Å².